The van der Waals surface area contributed by atoms with Gasteiger partial charge in [-0.2, -0.15) is 5.10 Å². The van der Waals surface area contributed by atoms with Gasteiger partial charge in [-0.15, -0.1) is 0 Å². The van der Waals surface area contributed by atoms with Crippen molar-refractivity contribution in [3.8, 4) is 5.69 Å². The molecule has 1 unspecified atom stereocenters. The van der Waals surface area contributed by atoms with E-state index in [1.807, 2.05) is 84.1 Å². The molecule has 0 saturated carbocycles. The lowest BCUT2D eigenvalue weighted by Gasteiger charge is -2.25. The van der Waals surface area contributed by atoms with E-state index in [4.69, 9.17) is 0 Å². The highest BCUT2D eigenvalue weighted by Crippen LogP contribution is 2.20. The molecule has 0 spiro atoms. The van der Waals surface area contributed by atoms with Crippen LogP contribution in [0.4, 0.5) is 10.5 Å². The Kier molecular flexibility index (Phi) is 6.02. The zero-order chi connectivity index (χ0) is 21.8. The van der Waals surface area contributed by atoms with Crippen molar-refractivity contribution in [1.29, 1.82) is 0 Å². The minimum Gasteiger partial charge on any atom is -0.340 e. The summed E-state index contributed by atoms with van der Waals surface area (Å²) < 4.78 is 1.85. The zero-order valence-corrected chi connectivity index (χ0v) is 17.8. The number of aromatic nitrogens is 2. The summed E-state index contributed by atoms with van der Waals surface area (Å²) in [6, 6.07) is 18.7. The number of rotatable bonds is 6. The summed E-state index contributed by atoms with van der Waals surface area (Å²) in [7, 11) is 0. The molecule has 1 fully saturated rings. The third-order valence-electron chi connectivity index (χ3n) is 5.44. The molecule has 0 radical (unpaired) electrons. The average molecular weight is 418 g/mol. The maximum atomic E-state index is 12.8. The van der Waals surface area contributed by atoms with Crippen LogP contribution in [0.3, 0.4) is 0 Å². The number of hydrogen-bond acceptors (Lipinski definition) is 3. The lowest BCUT2D eigenvalue weighted by Crippen LogP contribution is -2.40. The molecule has 0 bridgehead atoms. The Morgan fingerprint density at radius 1 is 1.10 bits per heavy atom. The van der Waals surface area contributed by atoms with E-state index in [2.05, 4.69) is 15.7 Å². The summed E-state index contributed by atoms with van der Waals surface area (Å²) in [6.07, 6.45) is 1.44. The lowest BCUT2D eigenvalue weighted by atomic mass is 10.1. The van der Waals surface area contributed by atoms with Crippen LogP contribution in [0.2, 0.25) is 0 Å². The van der Waals surface area contributed by atoms with Gasteiger partial charge in [0.2, 0.25) is 5.91 Å². The summed E-state index contributed by atoms with van der Waals surface area (Å²) in [5, 5.41) is 10.5. The molecule has 1 aliphatic heterocycles. The van der Waals surface area contributed by atoms with E-state index < -0.39 is 0 Å². The van der Waals surface area contributed by atoms with Gasteiger partial charge in [0.05, 0.1) is 17.4 Å². The fourth-order valence-electron chi connectivity index (χ4n) is 3.97. The Morgan fingerprint density at radius 3 is 2.58 bits per heavy atom. The van der Waals surface area contributed by atoms with Gasteiger partial charge in [0, 0.05) is 30.9 Å². The van der Waals surface area contributed by atoms with E-state index in [0.717, 1.165) is 35.6 Å². The van der Waals surface area contributed by atoms with Gasteiger partial charge < -0.3 is 15.5 Å². The highest BCUT2D eigenvalue weighted by atomic mass is 16.2. The molecule has 2 aromatic carbocycles. The number of nitrogens with zero attached hydrogens (tertiary/aromatic N) is 3. The van der Waals surface area contributed by atoms with E-state index in [9.17, 15) is 9.59 Å². The summed E-state index contributed by atoms with van der Waals surface area (Å²) in [4.78, 5) is 26.8. The number of benzene rings is 2. The van der Waals surface area contributed by atoms with Crippen molar-refractivity contribution in [3.63, 3.8) is 0 Å². The molecule has 3 aromatic rings. The molecule has 1 saturated heterocycles. The van der Waals surface area contributed by atoms with Gasteiger partial charge >= 0.3 is 6.03 Å². The van der Waals surface area contributed by atoms with Crippen LogP contribution in [0.1, 0.15) is 35.8 Å². The van der Waals surface area contributed by atoms with Crippen LogP contribution in [0.15, 0.2) is 60.7 Å². The van der Waals surface area contributed by atoms with Crippen LogP contribution in [0.25, 0.3) is 5.69 Å². The summed E-state index contributed by atoms with van der Waals surface area (Å²) in [6.45, 7) is 5.14. The number of hydrogen-bond donors (Lipinski definition) is 2. The van der Waals surface area contributed by atoms with E-state index >= 15 is 0 Å². The predicted molar refractivity (Wildman–Crippen MR) is 120 cm³/mol. The average Bonchev–Trinajstić information content (AvgIpc) is 3.32. The van der Waals surface area contributed by atoms with Gasteiger partial charge in [0.15, 0.2) is 0 Å². The number of aryl methyl sites for hydroxylation is 2. The first-order chi connectivity index (χ1) is 15.0. The largest absolute Gasteiger partial charge is 0.340 e. The minimum atomic E-state index is -0.314. The third-order valence-corrected chi connectivity index (χ3v) is 5.44. The molecular formula is C24H27N5O2. The van der Waals surface area contributed by atoms with Gasteiger partial charge in [-0.25, -0.2) is 9.48 Å². The monoisotopic (exact) mass is 417 g/mol. The fourth-order valence-corrected chi connectivity index (χ4v) is 3.97. The van der Waals surface area contributed by atoms with E-state index in [1.165, 1.54) is 0 Å². The lowest BCUT2D eigenvalue weighted by molar-refractivity contribution is -0.128. The van der Waals surface area contributed by atoms with E-state index in [-0.39, 0.29) is 18.0 Å². The zero-order valence-electron chi connectivity index (χ0n) is 17.8. The number of carbonyl (C=O) groups excluding carboxylic acids is 2. The molecule has 1 atom stereocenters. The Hall–Kier alpha value is -3.61. The molecule has 3 amide bonds. The Bertz CT molecular complexity index is 1080. The number of anilines is 1. The molecule has 31 heavy (non-hydrogen) atoms. The summed E-state index contributed by atoms with van der Waals surface area (Å²) in [5.41, 5.74) is 4.49. The standard InChI is InChI=1S/C24H27N5O2/c1-17-14-18(2)29(27-17)21-11-6-10-20(15-21)25-24(31)26-22(19-8-4-3-5-9-19)16-28-13-7-12-23(28)30/h3-6,8-11,14-15,22H,7,12-13,16H2,1-2H3,(H2,25,26,31). The minimum absolute atomic E-state index is 0.140. The van der Waals surface area contributed by atoms with Gasteiger partial charge in [-0.05, 0) is 50.1 Å². The van der Waals surface area contributed by atoms with Crippen LogP contribution in [0, 0.1) is 13.8 Å². The maximum absolute atomic E-state index is 12.8. The highest BCUT2D eigenvalue weighted by molar-refractivity contribution is 5.90. The maximum Gasteiger partial charge on any atom is 0.319 e. The van der Waals surface area contributed by atoms with Crippen LogP contribution in [0.5, 0.6) is 0 Å². The van der Waals surface area contributed by atoms with Crippen LogP contribution < -0.4 is 10.6 Å². The number of amides is 3. The van der Waals surface area contributed by atoms with Crippen LogP contribution >= 0.6 is 0 Å². The van der Waals surface area contributed by atoms with Crippen molar-refractivity contribution in [3.05, 3.63) is 77.6 Å². The first kappa shape index (κ1) is 20.7. The van der Waals surface area contributed by atoms with Crippen molar-refractivity contribution in [2.75, 3.05) is 18.4 Å². The van der Waals surface area contributed by atoms with Gasteiger partial charge in [0.1, 0.15) is 0 Å². The van der Waals surface area contributed by atoms with Crippen molar-refractivity contribution in [2.24, 2.45) is 0 Å². The second-order valence-corrected chi connectivity index (χ2v) is 7.89. The predicted octanol–water partition coefficient (Wildman–Crippen LogP) is 3.97. The van der Waals surface area contributed by atoms with Crippen molar-refractivity contribution < 1.29 is 9.59 Å². The first-order valence-electron chi connectivity index (χ1n) is 10.5. The third kappa shape index (κ3) is 4.94. The molecule has 1 aromatic heterocycles. The molecule has 4 rings (SSSR count). The summed E-state index contributed by atoms with van der Waals surface area (Å²) in [5.74, 6) is 0.140. The number of likely N-dealkylation sites (tertiary alicyclic amines) is 1. The van der Waals surface area contributed by atoms with Crippen molar-refractivity contribution >= 4 is 17.6 Å². The number of nitrogens with one attached hydrogen (secondary N) is 2. The fraction of sp³-hybridized carbons (Fsp3) is 0.292. The smallest absolute Gasteiger partial charge is 0.319 e. The Morgan fingerprint density at radius 2 is 1.90 bits per heavy atom. The van der Waals surface area contributed by atoms with Gasteiger partial charge in [0.25, 0.3) is 0 Å². The van der Waals surface area contributed by atoms with Crippen LogP contribution in [-0.2, 0) is 4.79 Å². The molecule has 160 valence electrons. The number of carbonyl (C=O) groups is 2. The SMILES string of the molecule is Cc1cc(C)n(-c2cccc(NC(=O)NC(CN3CCCC3=O)c3ccccc3)c2)n1. The van der Waals surface area contributed by atoms with Gasteiger partial charge in [-0.3, -0.25) is 4.79 Å². The van der Waals surface area contributed by atoms with E-state index in [1.54, 1.807) is 0 Å². The normalized spacial score (nSPS) is 14.5. The van der Waals surface area contributed by atoms with Crippen molar-refractivity contribution in [2.45, 2.75) is 32.7 Å². The second kappa shape index (κ2) is 9.04. The highest BCUT2D eigenvalue weighted by Gasteiger charge is 2.25. The first-order valence-corrected chi connectivity index (χ1v) is 10.5. The topological polar surface area (TPSA) is 79.3 Å². The quantitative estimate of drug-likeness (QED) is 0.637. The van der Waals surface area contributed by atoms with E-state index in [0.29, 0.717) is 18.7 Å². The molecule has 1 aliphatic rings. The molecule has 0 aliphatic carbocycles. The molecular weight excluding hydrogens is 390 g/mol. The van der Waals surface area contributed by atoms with Crippen LogP contribution in [-0.4, -0.2) is 39.7 Å². The van der Waals surface area contributed by atoms with Crippen molar-refractivity contribution in [1.82, 2.24) is 20.0 Å². The molecule has 2 N–H and O–H groups in total. The molecule has 7 nitrogen and oxygen atoms in total. The Balaban J connectivity index is 1.48. The number of urea groups is 1. The molecule has 2 heterocycles. The summed E-state index contributed by atoms with van der Waals surface area (Å²) >= 11 is 0. The second-order valence-electron chi connectivity index (χ2n) is 7.89. The van der Waals surface area contributed by atoms with Gasteiger partial charge in [-0.1, -0.05) is 36.4 Å². The Labute approximate surface area is 182 Å². The molecule has 7 heteroatoms.